The largest absolute Gasteiger partial charge is 0.454 e. The maximum atomic E-state index is 13.5. The van der Waals surface area contributed by atoms with Crippen molar-refractivity contribution < 1.29 is 23.5 Å². The van der Waals surface area contributed by atoms with Gasteiger partial charge < -0.3 is 9.47 Å². The Morgan fingerprint density at radius 3 is 2.55 bits per heavy atom. The quantitative estimate of drug-likeness (QED) is 0.340. The first-order valence-corrected chi connectivity index (χ1v) is 12.7. The van der Waals surface area contributed by atoms with Crippen molar-refractivity contribution in [2.45, 2.75) is 19.3 Å². The van der Waals surface area contributed by atoms with Crippen LogP contribution >= 0.6 is 0 Å². The third-order valence-corrected chi connectivity index (χ3v) is 7.32. The highest BCUT2D eigenvalue weighted by Crippen LogP contribution is 2.42. The molecule has 0 fully saturated rings. The van der Waals surface area contributed by atoms with Crippen molar-refractivity contribution in [1.29, 1.82) is 0 Å². The SMILES string of the molecule is Cc1ccc(-[n+]2[nH]oc(=O)c2C2=Cc3c(c(=O)[nH]n3C(=O)c3ccccc3)C(c3ccc4c(c3)OCO4)C2)cc1. The first-order chi connectivity index (χ1) is 19.5. The number of nitrogens with zero attached hydrogens (tertiary/aromatic N) is 2. The lowest BCUT2D eigenvalue weighted by Gasteiger charge is -2.22. The fourth-order valence-corrected chi connectivity index (χ4v) is 5.36. The Labute approximate surface area is 226 Å². The van der Waals surface area contributed by atoms with Gasteiger partial charge in [-0.05, 0) is 59.2 Å². The summed E-state index contributed by atoms with van der Waals surface area (Å²) >= 11 is 0. The zero-order valence-corrected chi connectivity index (χ0v) is 21.3. The van der Waals surface area contributed by atoms with Gasteiger partial charge in [-0.2, -0.15) is 0 Å². The molecule has 198 valence electrons. The number of hydrogen-bond acceptors (Lipinski definition) is 6. The van der Waals surface area contributed by atoms with Crippen molar-refractivity contribution in [3.8, 4) is 17.2 Å². The minimum atomic E-state index is -0.571. The van der Waals surface area contributed by atoms with Crippen molar-refractivity contribution in [2.24, 2.45) is 0 Å². The predicted molar refractivity (Wildman–Crippen MR) is 144 cm³/mol. The number of hydrogen-bond donors (Lipinski definition) is 2. The minimum absolute atomic E-state index is 0.114. The van der Waals surface area contributed by atoms with Gasteiger partial charge in [-0.25, -0.2) is 9.48 Å². The molecular formula is C30H23N4O6+. The molecule has 0 amide bonds. The van der Waals surface area contributed by atoms with E-state index < -0.39 is 17.5 Å². The molecule has 40 heavy (non-hydrogen) atoms. The van der Waals surface area contributed by atoms with Crippen LogP contribution in [0.5, 0.6) is 11.5 Å². The molecule has 0 saturated carbocycles. The summed E-state index contributed by atoms with van der Waals surface area (Å²) in [7, 11) is 0. The molecule has 1 aliphatic carbocycles. The third kappa shape index (κ3) is 3.80. The Kier molecular flexibility index (Phi) is 5.41. The Balaban J connectivity index is 1.43. The lowest BCUT2D eigenvalue weighted by atomic mass is 9.80. The summed E-state index contributed by atoms with van der Waals surface area (Å²) in [5.74, 6) is 0.305. The Hall–Kier alpha value is -5.38. The van der Waals surface area contributed by atoms with Crippen LogP contribution in [-0.2, 0) is 0 Å². The topological polar surface area (TPSA) is 123 Å². The molecule has 2 aromatic heterocycles. The van der Waals surface area contributed by atoms with E-state index in [9.17, 15) is 14.4 Å². The Bertz CT molecular complexity index is 1930. The van der Waals surface area contributed by atoms with E-state index in [4.69, 9.17) is 14.0 Å². The van der Waals surface area contributed by atoms with E-state index in [2.05, 4.69) is 10.4 Å². The molecule has 1 aliphatic heterocycles. The maximum Gasteiger partial charge on any atom is 0.435 e. The molecule has 5 aromatic rings. The van der Waals surface area contributed by atoms with Gasteiger partial charge in [0.05, 0.1) is 11.3 Å². The van der Waals surface area contributed by atoms with Crippen molar-refractivity contribution in [1.82, 2.24) is 15.1 Å². The van der Waals surface area contributed by atoms with Crippen molar-refractivity contribution in [2.75, 3.05) is 6.79 Å². The fraction of sp³-hybridized carbons (Fsp3) is 0.133. The molecule has 0 saturated heterocycles. The molecule has 7 rings (SSSR count). The summed E-state index contributed by atoms with van der Waals surface area (Å²) in [5.41, 5.74) is 3.67. The number of nitrogens with one attached hydrogen (secondary N) is 2. The van der Waals surface area contributed by atoms with Gasteiger partial charge in [0, 0.05) is 29.2 Å². The van der Waals surface area contributed by atoms with E-state index in [0.29, 0.717) is 46.0 Å². The number of rotatable bonds is 4. The van der Waals surface area contributed by atoms with Crippen LogP contribution in [0.1, 0.15) is 50.8 Å². The molecule has 0 bridgehead atoms. The highest BCUT2D eigenvalue weighted by atomic mass is 16.7. The number of aryl methyl sites for hydroxylation is 1. The van der Waals surface area contributed by atoms with Crippen molar-refractivity contribution in [3.05, 3.63) is 127 Å². The van der Waals surface area contributed by atoms with Gasteiger partial charge in [0.25, 0.3) is 11.5 Å². The molecule has 3 aromatic carbocycles. The predicted octanol–water partition coefficient (Wildman–Crippen LogP) is 3.54. The summed E-state index contributed by atoms with van der Waals surface area (Å²) in [6.07, 6.45) is 2.01. The van der Waals surface area contributed by atoms with Gasteiger partial charge in [0.1, 0.15) is 0 Å². The van der Waals surface area contributed by atoms with Crippen LogP contribution in [0, 0.1) is 6.92 Å². The number of aromatic nitrogens is 4. The highest BCUT2D eigenvalue weighted by Gasteiger charge is 2.37. The summed E-state index contributed by atoms with van der Waals surface area (Å²) in [6, 6.07) is 21.8. The standard InChI is InChI=1S/C30H22N4O6/c1-17-7-10-21(11-8-17)33-27(30(37)40-32-33)20-13-22(19-9-12-24-25(15-19)39-16-38-24)26-23(14-20)34(31-28(26)35)29(36)18-5-3-2-4-6-18/h2-12,14-15,22H,13,16H2,1H3,(H-,31,32,35,37)/p+1. The lowest BCUT2D eigenvalue weighted by Crippen LogP contribution is -2.38. The van der Waals surface area contributed by atoms with Crippen molar-refractivity contribution in [3.63, 3.8) is 0 Å². The zero-order chi connectivity index (χ0) is 27.4. The molecule has 0 spiro atoms. The summed E-state index contributed by atoms with van der Waals surface area (Å²) in [5, 5.41) is 5.43. The smallest absolute Gasteiger partial charge is 0.435 e. The van der Waals surface area contributed by atoms with E-state index in [0.717, 1.165) is 11.1 Å². The number of ether oxygens (including phenoxy) is 2. The van der Waals surface area contributed by atoms with E-state index in [1.165, 1.54) is 4.68 Å². The number of fused-ring (bicyclic) bond motifs is 2. The summed E-state index contributed by atoms with van der Waals surface area (Å²) in [6.45, 7) is 2.09. The minimum Gasteiger partial charge on any atom is -0.454 e. The second-order valence-electron chi connectivity index (χ2n) is 9.79. The number of H-pyrrole nitrogens is 2. The van der Waals surface area contributed by atoms with Crippen LogP contribution in [0.2, 0.25) is 0 Å². The molecule has 1 unspecified atom stereocenters. The van der Waals surface area contributed by atoms with E-state index in [-0.39, 0.29) is 18.0 Å². The number of allylic oxidation sites excluding steroid dienone is 1. The molecule has 10 heteroatoms. The average Bonchev–Trinajstić information content (AvgIpc) is 3.69. The van der Waals surface area contributed by atoms with Crippen molar-refractivity contribution >= 4 is 17.6 Å². The third-order valence-electron chi connectivity index (χ3n) is 7.32. The van der Waals surface area contributed by atoms with Crippen LogP contribution in [0.4, 0.5) is 0 Å². The first-order valence-electron chi connectivity index (χ1n) is 12.7. The summed E-state index contributed by atoms with van der Waals surface area (Å²) < 4.78 is 19.1. The molecule has 0 radical (unpaired) electrons. The average molecular weight is 536 g/mol. The normalized spacial score (nSPS) is 15.5. The van der Waals surface area contributed by atoms with E-state index in [1.54, 1.807) is 41.1 Å². The van der Waals surface area contributed by atoms with Crippen LogP contribution in [0.3, 0.4) is 0 Å². The number of benzene rings is 3. The van der Waals surface area contributed by atoms with Gasteiger partial charge in [-0.1, -0.05) is 42.0 Å². The lowest BCUT2D eigenvalue weighted by molar-refractivity contribution is -0.672. The summed E-state index contributed by atoms with van der Waals surface area (Å²) in [4.78, 5) is 40.1. The van der Waals surface area contributed by atoms with E-state index >= 15 is 0 Å². The van der Waals surface area contributed by atoms with Crippen LogP contribution in [0.15, 0.2) is 86.9 Å². The number of carbonyl (C=O) groups is 1. The number of carbonyl (C=O) groups excluding carboxylic acids is 1. The monoisotopic (exact) mass is 535 g/mol. The Morgan fingerprint density at radius 2 is 1.75 bits per heavy atom. The van der Waals surface area contributed by atoms with Crippen LogP contribution < -0.4 is 25.3 Å². The second-order valence-corrected chi connectivity index (χ2v) is 9.79. The molecule has 2 aliphatic rings. The second kappa shape index (κ2) is 9.12. The molecular weight excluding hydrogens is 512 g/mol. The van der Waals surface area contributed by atoms with Gasteiger partial charge in [0.15, 0.2) is 11.5 Å². The fourth-order valence-electron chi connectivity index (χ4n) is 5.36. The van der Waals surface area contributed by atoms with Gasteiger partial charge >= 0.3 is 11.3 Å². The molecule has 1 atom stereocenters. The highest BCUT2D eigenvalue weighted by molar-refractivity contribution is 5.98. The van der Waals surface area contributed by atoms with Gasteiger partial charge in [-0.15, -0.1) is 0 Å². The zero-order valence-electron chi connectivity index (χ0n) is 21.3. The molecule has 3 heterocycles. The van der Waals surface area contributed by atoms with Crippen LogP contribution in [-0.4, -0.2) is 27.8 Å². The molecule has 2 N–H and O–H groups in total. The molecule has 10 nitrogen and oxygen atoms in total. The van der Waals surface area contributed by atoms with E-state index in [1.807, 2.05) is 49.4 Å². The maximum absolute atomic E-state index is 13.5. The number of aromatic amines is 2. The van der Waals surface area contributed by atoms with Crippen LogP contribution in [0.25, 0.3) is 17.3 Å². The van der Waals surface area contributed by atoms with Gasteiger partial charge in [-0.3, -0.25) is 19.2 Å². The first kappa shape index (κ1) is 23.7. The Morgan fingerprint density at radius 1 is 0.975 bits per heavy atom. The van der Waals surface area contributed by atoms with Gasteiger partial charge in [0.2, 0.25) is 12.5 Å².